The molecule has 1 aliphatic heterocycles. The van der Waals surface area contributed by atoms with Crippen LogP contribution in [0.5, 0.6) is 0 Å². The van der Waals surface area contributed by atoms with Crippen LogP contribution in [-0.2, 0) is 12.8 Å². The van der Waals surface area contributed by atoms with Crippen molar-refractivity contribution in [3.05, 3.63) is 11.8 Å². The number of nitrogens with one attached hydrogen (secondary N) is 1. The van der Waals surface area contributed by atoms with Gasteiger partial charge in [-0.05, 0) is 64.0 Å². The highest BCUT2D eigenvalue weighted by Crippen LogP contribution is 2.25. The zero-order valence-electron chi connectivity index (χ0n) is 12.9. The first-order valence-corrected chi connectivity index (χ1v) is 8.82. The average molecular weight is 297 g/mol. The zero-order chi connectivity index (χ0) is 14.4. The second-order valence-corrected chi connectivity index (χ2v) is 7.85. The summed E-state index contributed by atoms with van der Waals surface area (Å²) in [5.41, 5.74) is 0.180. The van der Waals surface area contributed by atoms with Gasteiger partial charge in [-0.2, -0.15) is 11.8 Å². The Balaban J connectivity index is 1.69. The van der Waals surface area contributed by atoms with Crippen LogP contribution in [0.1, 0.15) is 51.8 Å². The molecule has 0 unspecified atom stereocenters. The molecule has 2 rings (SSSR count). The molecule has 20 heavy (non-hydrogen) atoms. The molecule has 1 aliphatic rings. The van der Waals surface area contributed by atoms with E-state index < -0.39 is 0 Å². The normalized spacial score (nSPS) is 17.6. The Hall–Kier alpha value is -0.550. The molecule has 114 valence electrons. The molecule has 0 aromatic carbocycles. The number of nitrogens with zero attached hydrogens (tertiary/aromatic N) is 2. The van der Waals surface area contributed by atoms with Gasteiger partial charge in [0.05, 0.1) is 0 Å². The van der Waals surface area contributed by atoms with Crippen LogP contribution in [-0.4, -0.2) is 33.8 Å². The van der Waals surface area contributed by atoms with Crippen molar-refractivity contribution in [2.24, 2.45) is 5.92 Å². The Bertz CT molecular complexity index is 394. The Morgan fingerprint density at radius 1 is 1.20 bits per heavy atom. The molecule has 1 saturated heterocycles. The largest absolute Gasteiger partial charge is 0.425 e. The van der Waals surface area contributed by atoms with Gasteiger partial charge in [0.2, 0.25) is 11.8 Å². The van der Waals surface area contributed by atoms with E-state index in [2.05, 4.69) is 48.0 Å². The lowest BCUT2D eigenvalue weighted by atomic mass is 9.99. The maximum atomic E-state index is 5.76. The van der Waals surface area contributed by atoms with E-state index in [0.717, 1.165) is 43.5 Å². The highest BCUT2D eigenvalue weighted by Gasteiger charge is 2.17. The van der Waals surface area contributed by atoms with Crippen molar-refractivity contribution in [3.8, 4) is 0 Å². The van der Waals surface area contributed by atoms with Crippen LogP contribution in [0.25, 0.3) is 0 Å². The van der Waals surface area contributed by atoms with E-state index in [9.17, 15) is 0 Å². The van der Waals surface area contributed by atoms with Crippen molar-refractivity contribution in [3.63, 3.8) is 0 Å². The van der Waals surface area contributed by atoms with E-state index in [1.165, 1.54) is 24.3 Å². The number of hydrogen-bond donors (Lipinski definition) is 1. The summed E-state index contributed by atoms with van der Waals surface area (Å²) in [5, 5.41) is 11.8. The predicted molar refractivity (Wildman–Crippen MR) is 84.1 cm³/mol. The monoisotopic (exact) mass is 297 g/mol. The second-order valence-electron chi connectivity index (χ2n) is 6.63. The van der Waals surface area contributed by atoms with Crippen LogP contribution >= 0.6 is 11.8 Å². The smallest absolute Gasteiger partial charge is 0.216 e. The van der Waals surface area contributed by atoms with E-state index in [1.807, 2.05) is 0 Å². The third kappa shape index (κ3) is 5.83. The lowest BCUT2D eigenvalue weighted by molar-refractivity contribution is 0.381. The van der Waals surface area contributed by atoms with Gasteiger partial charge < -0.3 is 9.73 Å². The highest BCUT2D eigenvalue weighted by atomic mass is 32.2. The minimum atomic E-state index is 0.180. The summed E-state index contributed by atoms with van der Waals surface area (Å²) in [5.74, 6) is 4.93. The fraction of sp³-hybridized carbons (Fsp3) is 0.867. The quantitative estimate of drug-likeness (QED) is 0.818. The highest BCUT2D eigenvalue weighted by molar-refractivity contribution is 7.99. The van der Waals surface area contributed by atoms with Gasteiger partial charge in [-0.1, -0.05) is 0 Å². The van der Waals surface area contributed by atoms with Crippen LogP contribution in [0.3, 0.4) is 0 Å². The van der Waals surface area contributed by atoms with Crippen molar-refractivity contribution in [1.29, 1.82) is 0 Å². The van der Waals surface area contributed by atoms with Crippen LogP contribution in [0.4, 0.5) is 0 Å². The molecule has 5 heteroatoms. The SMILES string of the molecule is CC(C)(C)NCCCc1nnc(CC2CCSCC2)o1. The Morgan fingerprint density at radius 3 is 2.60 bits per heavy atom. The van der Waals surface area contributed by atoms with Crippen molar-refractivity contribution in [2.45, 2.75) is 58.4 Å². The van der Waals surface area contributed by atoms with Crippen LogP contribution in [0.2, 0.25) is 0 Å². The second kappa shape index (κ2) is 7.46. The van der Waals surface area contributed by atoms with E-state index in [4.69, 9.17) is 4.42 Å². The Kier molecular flexibility index (Phi) is 5.90. The van der Waals surface area contributed by atoms with E-state index in [-0.39, 0.29) is 5.54 Å². The van der Waals surface area contributed by atoms with E-state index in [0.29, 0.717) is 0 Å². The number of rotatable bonds is 6. The van der Waals surface area contributed by atoms with Gasteiger partial charge in [0.15, 0.2) is 0 Å². The number of thioether (sulfide) groups is 1. The van der Waals surface area contributed by atoms with Gasteiger partial charge in [0, 0.05) is 18.4 Å². The summed E-state index contributed by atoms with van der Waals surface area (Å²) in [6.07, 6.45) is 5.46. The molecule has 1 N–H and O–H groups in total. The average Bonchev–Trinajstić information content (AvgIpc) is 2.82. The molecule has 1 aromatic heterocycles. The molecule has 0 saturated carbocycles. The van der Waals surface area contributed by atoms with Crippen molar-refractivity contribution >= 4 is 11.8 Å². The van der Waals surface area contributed by atoms with Gasteiger partial charge >= 0.3 is 0 Å². The van der Waals surface area contributed by atoms with Gasteiger partial charge in [-0.3, -0.25) is 0 Å². The first-order chi connectivity index (χ1) is 9.53. The molecule has 4 nitrogen and oxygen atoms in total. The third-order valence-electron chi connectivity index (χ3n) is 3.54. The molecular weight excluding hydrogens is 270 g/mol. The molecular formula is C15H27N3OS. The summed E-state index contributed by atoms with van der Waals surface area (Å²) in [6, 6.07) is 0. The maximum absolute atomic E-state index is 5.76. The lowest BCUT2D eigenvalue weighted by Crippen LogP contribution is -2.36. The first kappa shape index (κ1) is 15.8. The van der Waals surface area contributed by atoms with Crippen LogP contribution in [0.15, 0.2) is 4.42 Å². The lowest BCUT2D eigenvalue weighted by Gasteiger charge is -2.20. The van der Waals surface area contributed by atoms with E-state index in [1.54, 1.807) is 0 Å². The van der Waals surface area contributed by atoms with Gasteiger partial charge in [0.25, 0.3) is 0 Å². The van der Waals surface area contributed by atoms with Crippen LogP contribution in [0, 0.1) is 5.92 Å². The van der Waals surface area contributed by atoms with Gasteiger partial charge in [-0.25, -0.2) is 0 Å². The molecule has 0 radical (unpaired) electrons. The summed E-state index contributed by atoms with van der Waals surface area (Å²) in [4.78, 5) is 0. The molecule has 1 fully saturated rings. The first-order valence-electron chi connectivity index (χ1n) is 7.67. The summed E-state index contributed by atoms with van der Waals surface area (Å²) < 4.78 is 5.76. The summed E-state index contributed by atoms with van der Waals surface area (Å²) >= 11 is 2.06. The number of aromatic nitrogens is 2. The third-order valence-corrected chi connectivity index (χ3v) is 4.58. The topological polar surface area (TPSA) is 51.0 Å². The van der Waals surface area contributed by atoms with Crippen LogP contribution < -0.4 is 5.32 Å². The Morgan fingerprint density at radius 2 is 1.90 bits per heavy atom. The van der Waals surface area contributed by atoms with Crippen molar-refractivity contribution in [1.82, 2.24) is 15.5 Å². The minimum Gasteiger partial charge on any atom is -0.425 e. The molecule has 0 spiro atoms. The van der Waals surface area contributed by atoms with Gasteiger partial charge in [-0.15, -0.1) is 10.2 Å². The maximum Gasteiger partial charge on any atom is 0.216 e. The molecule has 2 heterocycles. The molecule has 0 bridgehead atoms. The molecule has 0 amide bonds. The molecule has 0 aliphatic carbocycles. The number of aryl methyl sites for hydroxylation is 1. The van der Waals surface area contributed by atoms with Crippen molar-refractivity contribution < 1.29 is 4.42 Å². The summed E-state index contributed by atoms with van der Waals surface area (Å²) in [7, 11) is 0. The predicted octanol–water partition coefficient (Wildman–Crippen LogP) is 3.08. The summed E-state index contributed by atoms with van der Waals surface area (Å²) in [6.45, 7) is 7.53. The van der Waals surface area contributed by atoms with Crippen molar-refractivity contribution in [2.75, 3.05) is 18.1 Å². The van der Waals surface area contributed by atoms with E-state index >= 15 is 0 Å². The van der Waals surface area contributed by atoms with Gasteiger partial charge in [0.1, 0.15) is 0 Å². The zero-order valence-corrected chi connectivity index (χ0v) is 13.8. The molecule has 1 aromatic rings. The minimum absolute atomic E-state index is 0.180. The fourth-order valence-corrected chi connectivity index (χ4v) is 3.58. The number of hydrogen-bond acceptors (Lipinski definition) is 5. The Labute approximate surface area is 126 Å². The fourth-order valence-electron chi connectivity index (χ4n) is 2.37. The standard InChI is InChI=1S/C15H27N3OS/c1-15(2,3)16-8-4-5-13-17-18-14(19-13)11-12-6-9-20-10-7-12/h12,16H,4-11H2,1-3H3. The molecule has 0 atom stereocenters.